The van der Waals surface area contributed by atoms with Crippen molar-refractivity contribution in [2.24, 2.45) is 0 Å². The summed E-state index contributed by atoms with van der Waals surface area (Å²) in [7, 11) is 0. The molecule has 2 heterocycles. The molecule has 0 aromatic heterocycles. The third kappa shape index (κ3) is 4.24. The topological polar surface area (TPSA) is 43.9 Å². The summed E-state index contributed by atoms with van der Waals surface area (Å²) in [5.41, 5.74) is 2.88. The van der Waals surface area contributed by atoms with Crippen molar-refractivity contribution < 1.29 is 14.0 Å². The van der Waals surface area contributed by atoms with Crippen LogP contribution in [0, 0.1) is 5.82 Å². The van der Waals surface area contributed by atoms with Gasteiger partial charge >= 0.3 is 0 Å². The van der Waals surface area contributed by atoms with Crippen molar-refractivity contribution in [1.29, 1.82) is 0 Å². The first-order chi connectivity index (χ1) is 14.6. The number of amides is 2. The predicted octanol–water partition coefficient (Wildman–Crippen LogP) is 3.62. The number of hydrogen-bond donors (Lipinski definition) is 0. The monoisotopic (exact) mass is 409 g/mol. The highest BCUT2D eigenvalue weighted by molar-refractivity contribution is 6.22. The molecule has 0 aliphatic carbocycles. The van der Waals surface area contributed by atoms with Crippen molar-refractivity contribution >= 4 is 23.2 Å². The molecule has 2 saturated heterocycles. The fraction of sp³-hybridized carbons (Fsp3) is 0.417. The molecule has 2 aromatic rings. The summed E-state index contributed by atoms with van der Waals surface area (Å²) in [6.07, 6.45) is 3.51. The van der Waals surface area contributed by atoms with Gasteiger partial charge in [0.15, 0.2) is 0 Å². The van der Waals surface area contributed by atoms with Gasteiger partial charge in [0.1, 0.15) is 5.82 Å². The summed E-state index contributed by atoms with van der Waals surface area (Å²) in [5.74, 6) is -0.505. The molecule has 2 aliphatic rings. The summed E-state index contributed by atoms with van der Waals surface area (Å²) < 4.78 is 13.2. The Morgan fingerprint density at radius 3 is 2.17 bits per heavy atom. The molecule has 0 saturated carbocycles. The number of aryl methyl sites for hydroxylation is 1. The minimum absolute atomic E-state index is 0.128. The lowest BCUT2D eigenvalue weighted by Crippen LogP contribution is -2.52. The number of carbonyl (C=O) groups excluding carboxylic acids is 2. The van der Waals surface area contributed by atoms with Crippen LogP contribution in [0.5, 0.6) is 0 Å². The normalized spacial score (nSPS) is 20.3. The fourth-order valence-corrected chi connectivity index (χ4v) is 4.31. The first-order valence-electron chi connectivity index (χ1n) is 10.8. The van der Waals surface area contributed by atoms with Crippen LogP contribution in [0.15, 0.2) is 48.5 Å². The van der Waals surface area contributed by atoms with Crippen LogP contribution >= 0.6 is 0 Å². The number of nitrogens with zero attached hydrogens (tertiary/aromatic N) is 3. The molecule has 5 nitrogen and oxygen atoms in total. The molecular formula is C24H28FN3O2. The summed E-state index contributed by atoms with van der Waals surface area (Å²) in [4.78, 5) is 31.4. The number of benzene rings is 2. The maximum Gasteiger partial charge on any atom is 0.251 e. The van der Waals surface area contributed by atoms with Crippen LogP contribution in [0.3, 0.4) is 0 Å². The highest BCUT2D eigenvalue weighted by Crippen LogP contribution is 2.27. The van der Waals surface area contributed by atoms with Gasteiger partial charge in [0.25, 0.3) is 5.91 Å². The largest absolute Gasteiger partial charge is 0.369 e. The molecule has 2 aliphatic heterocycles. The van der Waals surface area contributed by atoms with Crippen LogP contribution in [0.25, 0.3) is 0 Å². The zero-order chi connectivity index (χ0) is 21.1. The lowest BCUT2D eigenvalue weighted by Gasteiger charge is -2.38. The Morgan fingerprint density at radius 1 is 0.900 bits per heavy atom. The molecule has 0 radical (unpaired) electrons. The highest BCUT2D eigenvalue weighted by Gasteiger charge is 2.43. The van der Waals surface area contributed by atoms with Crippen LogP contribution in [0.4, 0.5) is 15.8 Å². The van der Waals surface area contributed by atoms with Crippen LogP contribution in [0.1, 0.15) is 31.7 Å². The zero-order valence-corrected chi connectivity index (χ0v) is 17.4. The van der Waals surface area contributed by atoms with Crippen molar-refractivity contribution in [3.8, 4) is 0 Å². The Labute approximate surface area is 177 Å². The average Bonchev–Trinajstić information content (AvgIpc) is 3.07. The van der Waals surface area contributed by atoms with Crippen LogP contribution in [0.2, 0.25) is 0 Å². The maximum atomic E-state index is 13.2. The van der Waals surface area contributed by atoms with Gasteiger partial charge in [0.2, 0.25) is 5.91 Å². The summed E-state index contributed by atoms with van der Waals surface area (Å²) in [5, 5.41) is 0. The molecule has 0 bridgehead atoms. The molecule has 158 valence electrons. The zero-order valence-electron chi connectivity index (χ0n) is 17.4. The minimum atomic E-state index is -0.396. The van der Waals surface area contributed by atoms with Crippen molar-refractivity contribution in [1.82, 2.24) is 4.90 Å². The number of unbranched alkanes of at least 4 members (excludes halogenated alkanes) is 1. The second-order valence-corrected chi connectivity index (χ2v) is 8.06. The molecule has 2 fully saturated rings. The quantitative estimate of drug-likeness (QED) is 0.684. The van der Waals surface area contributed by atoms with E-state index < -0.39 is 6.04 Å². The van der Waals surface area contributed by atoms with E-state index in [-0.39, 0.29) is 24.1 Å². The fourth-order valence-electron chi connectivity index (χ4n) is 4.31. The van der Waals surface area contributed by atoms with Crippen LogP contribution in [-0.4, -0.2) is 48.9 Å². The van der Waals surface area contributed by atoms with Gasteiger partial charge in [-0.25, -0.2) is 9.29 Å². The van der Waals surface area contributed by atoms with Crippen molar-refractivity contribution in [2.75, 3.05) is 36.0 Å². The molecule has 0 spiro atoms. The molecule has 30 heavy (non-hydrogen) atoms. The van der Waals surface area contributed by atoms with Crippen molar-refractivity contribution in [2.45, 2.75) is 38.6 Å². The lowest BCUT2D eigenvalue weighted by atomic mass is 10.1. The Balaban J connectivity index is 1.39. The number of anilines is 2. The van der Waals surface area contributed by atoms with E-state index in [9.17, 15) is 14.0 Å². The Bertz CT molecular complexity index is 890. The van der Waals surface area contributed by atoms with Gasteiger partial charge in [-0.2, -0.15) is 0 Å². The third-order valence-corrected chi connectivity index (χ3v) is 6.08. The van der Waals surface area contributed by atoms with Gasteiger partial charge in [0, 0.05) is 31.9 Å². The molecule has 6 heteroatoms. The first-order valence-corrected chi connectivity index (χ1v) is 10.8. The second kappa shape index (κ2) is 8.96. The van der Waals surface area contributed by atoms with E-state index in [0.717, 1.165) is 38.0 Å². The van der Waals surface area contributed by atoms with Crippen LogP contribution in [-0.2, 0) is 16.0 Å². The van der Waals surface area contributed by atoms with Gasteiger partial charge in [-0.1, -0.05) is 25.5 Å². The van der Waals surface area contributed by atoms with Crippen molar-refractivity contribution in [3.63, 3.8) is 0 Å². The van der Waals surface area contributed by atoms with E-state index in [1.165, 1.54) is 22.6 Å². The molecule has 0 unspecified atom stereocenters. The van der Waals surface area contributed by atoms with Gasteiger partial charge < -0.3 is 4.90 Å². The Kier molecular flexibility index (Phi) is 6.13. The number of hydrogen-bond acceptors (Lipinski definition) is 4. The number of halogens is 1. The second-order valence-electron chi connectivity index (χ2n) is 8.06. The maximum absolute atomic E-state index is 13.2. The predicted molar refractivity (Wildman–Crippen MR) is 116 cm³/mol. The summed E-state index contributed by atoms with van der Waals surface area (Å²) in [6, 6.07) is 13.9. The van der Waals surface area contributed by atoms with Crippen molar-refractivity contribution in [3.05, 3.63) is 59.9 Å². The van der Waals surface area contributed by atoms with Crippen LogP contribution < -0.4 is 9.80 Å². The number of rotatable bonds is 6. The van der Waals surface area contributed by atoms with E-state index in [0.29, 0.717) is 18.8 Å². The highest BCUT2D eigenvalue weighted by atomic mass is 19.1. The smallest absolute Gasteiger partial charge is 0.251 e. The average molecular weight is 410 g/mol. The van der Waals surface area contributed by atoms with E-state index in [2.05, 4.69) is 16.7 Å². The van der Waals surface area contributed by atoms with Gasteiger partial charge in [-0.3, -0.25) is 14.5 Å². The van der Waals surface area contributed by atoms with Gasteiger partial charge in [0.05, 0.1) is 18.2 Å². The lowest BCUT2D eigenvalue weighted by molar-refractivity contribution is -0.123. The van der Waals surface area contributed by atoms with E-state index in [4.69, 9.17) is 0 Å². The number of carbonyl (C=O) groups is 2. The third-order valence-electron chi connectivity index (χ3n) is 6.08. The first kappa shape index (κ1) is 20.5. The SMILES string of the molecule is CCCCc1ccc(N2C(=O)C[C@@H](N3CCN(c4ccc(F)cc4)CC3)C2=O)cc1. The Morgan fingerprint density at radius 2 is 1.53 bits per heavy atom. The number of piperazine rings is 1. The summed E-state index contributed by atoms with van der Waals surface area (Å²) in [6.45, 7) is 5.05. The van der Waals surface area contributed by atoms with Gasteiger partial charge in [-0.05, 0) is 54.8 Å². The van der Waals surface area contributed by atoms with E-state index in [1.54, 1.807) is 12.1 Å². The molecule has 1 atom stereocenters. The standard InChI is InChI=1S/C24H28FN3O2/c1-2-3-4-18-5-9-21(10-6-18)28-23(29)17-22(24(28)30)27-15-13-26(14-16-27)20-11-7-19(25)8-12-20/h5-12,22H,2-4,13-17H2,1H3/t22-/m1/s1. The summed E-state index contributed by atoms with van der Waals surface area (Å²) >= 11 is 0. The molecular weight excluding hydrogens is 381 g/mol. The molecule has 4 rings (SSSR count). The Hall–Kier alpha value is -2.73. The molecule has 2 amide bonds. The number of imide groups is 1. The minimum Gasteiger partial charge on any atom is -0.369 e. The van der Waals surface area contributed by atoms with E-state index >= 15 is 0 Å². The van der Waals surface area contributed by atoms with E-state index in [1.807, 2.05) is 24.3 Å². The molecule has 2 aromatic carbocycles. The van der Waals surface area contributed by atoms with Gasteiger partial charge in [-0.15, -0.1) is 0 Å². The molecule has 0 N–H and O–H groups in total.